The number of imide groups is 1. The van der Waals surface area contributed by atoms with E-state index in [1.54, 1.807) is 19.1 Å². The van der Waals surface area contributed by atoms with Gasteiger partial charge >= 0.3 is 6.03 Å². The lowest BCUT2D eigenvalue weighted by Crippen LogP contribution is -2.48. The maximum Gasteiger partial charge on any atom is 0.325 e. The van der Waals surface area contributed by atoms with Crippen molar-refractivity contribution >= 4 is 39.0 Å². The van der Waals surface area contributed by atoms with E-state index in [4.69, 9.17) is 0 Å². The first-order chi connectivity index (χ1) is 13.2. The molecule has 2 atom stereocenters. The number of sulfone groups is 1. The number of unbranched alkanes of at least 4 members (excludes halogenated alkanes) is 1. The van der Waals surface area contributed by atoms with Gasteiger partial charge in [-0.3, -0.25) is 14.5 Å². The van der Waals surface area contributed by atoms with Crippen LogP contribution in [0.3, 0.4) is 0 Å². The number of thiophene rings is 1. The average molecular weight is 428 g/mol. The predicted octanol–water partition coefficient (Wildman–Crippen LogP) is 1.33. The Bertz CT molecular complexity index is 868. The number of rotatable bonds is 7. The van der Waals surface area contributed by atoms with Crippen LogP contribution in [-0.4, -0.2) is 66.7 Å². The molecule has 1 aromatic heterocycles. The van der Waals surface area contributed by atoms with Gasteiger partial charge in [0.1, 0.15) is 6.54 Å². The predicted molar refractivity (Wildman–Crippen MR) is 106 cm³/mol. The Morgan fingerprint density at radius 1 is 1.43 bits per heavy atom. The lowest BCUT2D eigenvalue weighted by molar-refractivity contribution is -0.140. The van der Waals surface area contributed by atoms with Crippen LogP contribution in [0, 0.1) is 0 Å². The SMILES string of the molecule is CCCCN(C(=O)CN1C(=O)NC(C)(c2cccs2)C1=O)C1CCS(=O)(=O)C1. The summed E-state index contributed by atoms with van der Waals surface area (Å²) in [5.41, 5.74) is -1.18. The standard InChI is InChI=1S/C18H25N3O5S2/c1-3-4-8-20(13-7-10-28(25,26)12-13)15(22)11-21-16(23)18(2,19-17(21)24)14-6-5-9-27-14/h5-6,9,13H,3-4,7-8,10-12H2,1-2H3,(H,19,24). The number of hydrogen-bond acceptors (Lipinski definition) is 6. The summed E-state index contributed by atoms with van der Waals surface area (Å²) in [6.07, 6.45) is 1.98. The molecule has 2 aliphatic rings. The summed E-state index contributed by atoms with van der Waals surface area (Å²) < 4.78 is 23.7. The second-order valence-corrected chi connectivity index (χ2v) is 10.6. The van der Waals surface area contributed by atoms with Crippen molar-refractivity contribution in [2.45, 2.75) is 44.7 Å². The number of carbonyl (C=O) groups is 3. The molecule has 0 aromatic carbocycles. The monoisotopic (exact) mass is 427 g/mol. The molecule has 0 bridgehead atoms. The molecule has 1 N–H and O–H groups in total. The molecule has 28 heavy (non-hydrogen) atoms. The maximum absolute atomic E-state index is 13.0. The number of amides is 4. The van der Waals surface area contributed by atoms with Crippen LogP contribution < -0.4 is 5.32 Å². The molecule has 0 saturated carbocycles. The van der Waals surface area contributed by atoms with E-state index < -0.39 is 39.3 Å². The first kappa shape index (κ1) is 20.8. The lowest BCUT2D eigenvalue weighted by Gasteiger charge is -2.29. The molecule has 4 amide bonds. The number of nitrogens with one attached hydrogen (secondary N) is 1. The summed E-state index contributed by atoms with van der Waals surface area (Å²) >= 11 is 1.36. The Kier molecular flexibility index (Phi) is 5.81. The summed E-state index contributed by atoms with van der Waals surface area (Å²) in [5, 5.41) is 4.50. The van der Waals surface area contributed by atoms with Crippen molar-refractivity contribution in [3.05, 3.63) is 22.4 Å². The van der Waals surface area contributed by atoms with Crippen LogP contribution in [0.4, 0.5) is 4.79 Å². The van der Waals surface area contributed by atoms with E-state index in [9.17, 15) is 22.8 Å². The lowest BCUT2D eigenvalue weighted by atomic mass is 10.0. The zero-order valence-electron chi connectivity index (χ0n) is 16.0. The topological polar surface area (TPSA) is 104 Å². The van der Waals surface area contributed by atoms with Gasteiger partial charge in [0, 0.05) is 17.5 Å². The molecule has 2 unspecified atom stereocenters. The van der Waals surface area contributed by atoms with Crippen molar-refractivity contribution in [2.24, 2.45) is 0 Å². The zero-order chi connectivity index (χ0) is 20.5. The Morgan fingerprint density at radius 2 is 2.18 bits per heavy atom. The Morgan fingerprint density at radius 3 is 2.75 bits per heavy atom. The molecule has 154 valence electrons. The largest absolute Gasteiger partial charge is 0.337 e. The maximum atomic E-state index is 13.0. The molecule has 10 heteroatoms. The molecular weight excluding hydrogens is 402 g/mol. The molecule has 1 aromatic rings. The van der Waals surface area contributed by atoms with Crippen LogP contribution in [0.5, 0.6) is 0 Å². The molecule has 3 rings (SSSR count). The third kappa shape index (κ3) is 3.93. The number of carbonyl (C=O) groups excluding carboxylic acids is 3. The zero-order valence-corrected chi connectivity index (χ0v) is 17.6. The highest BCUT2D eigenvalue weighted by molar-refractivity contribution is 7.91. The van der Waals surface area contributed by atoms with Crippen LogP contribution in [0.15, 0.2) is 17.5 Å². The molecule has 3 heterocycles. The Labute approximate surface area is 168 Å². The summed E-state index contributed by atoms with van der Waals surface area (Å²) in [6, 6.07) is 2.56. The molecule has 2 fully saturated rings. The third-order valence-electron chi connectivity index (χ3n) is 5.30. The van der Waals surface area contributed by atoms with E-state index in [0.717, 1.165) is 17.7 Å². The fraction of sp³-hybridized carbons (Fsp3) is 0.611. The average Bonchev–Trinajstić information content (AvgIpc) is 3.33. The van der Waals surface area contributed by atoms with Crippen LogP contribution in [-0.2, 0) is 25.0 Å². The summed E-state index contributed by atoms with van der Waals surface area (Å²) in [7, 11) is -3.15. The quantitative estimate of drug-likeness (QED) is 0.661. The van der Waals surface area contributed by atoms with Gasteiger partial charge in [-0.25, -0.2) is 13.2 Å². The molecule has 2 aliphatic heterocycles. The smallest absolute Gasteiger partial charge is 0.325 e. The van der Waals surface area contributed by atoms with E-state index >= 15 is 0 Å². The van der Waals surface area contributed by atoms with Crippen molar-refractivity contribution in [1.82, 2.24) is 15.1 Å². The van der Waals surface area contributed by atoms with Crippen molar-refractivity contribution in [2.75, 3.05) is 24.6 Å². The summed E-state index contributed by atoms with van der Waals surface area (Å²) in [5.74, 6) is -0.861. The van der Waals surface area contributed by atoms with Gasteiger partial charge < -0.3 is 10.2 Å². The second-order valence-electron chi connectivity index (χ2n) is 7.42. The van der Waals surface area contributed by atoms with Crippen molar-refractivity contribution in [1.29, 1.82) is 0 Å². The minimum Gasteiger partial charge on any atom is -0.337 e. The highest BCUT2D eigenvalue weighted by Gasteiger charge is 2.50. The van der Waals surface area contributed by atoms with E-state index in [1.165, 1.54) is 16.2 Å². The molecule has 2 saturated heterocycles. The van der Waals surface area contributed by atoms with Crippen LogP contribution >= 0.6 is 11.3 Å². The van der Waals surface area contributed by atoms with E-state index in [1.807, 2.05) is 12.3 Å². The van der Waals surface area contributed by atoms with E-state index in [-0.39, 0.29) is 18.1 Å². The molecular formula is C18H25N3O5S2. The number of hydrogen-bond donors (Lipinski definition) is 1. The first-order valence-electron chi connectivity index (χ1n) is 9.36. The number of urea groups is 1. The molecule has 8 nitrogen and oxygen atoms in total. The van der Waals surface area contributed by atoms with Crippen molar-refractivity contribution < 1.29 is 22.8 Å². The Hall–Kier alpha value is -1.94. The van der Waals surface area contributed by atoms with Crippen LogP contribution in [0.25, 0.3) is 0 Å². The first-order valence-corrected chi connectivity index (χ1v) is 12.1. The minimum atomic E-state index is -3.15. The molecule has 0 spiro atoms. The van der Waals surface area contributed by atoms with Gasteiger partial charge in [-0.15, -0.1) is 11.3 Å². The molecule has 0 radical (unpaired) electrons. The summed E-state index contributed by atoms with van der Waals surface area (Å²) in [6.45, 7) is 3.65. The van der Waals surface area contributed by atoms with Gasteiger partial charge in [-0.1, -0.05) is 19.4 Å². The van der Waals surface area contributed by atoms with E-state index in [0.29, 0.717) is 17.8 Å². The second kappa shape index (κ2) is 7.82. The van der Waals surface area contributed by atoms with Gasteiger partial charge in [0.05, 0.1) is 11.5 Å². The van der Waals surface area contributed by atoms with Gasteiger partial charge in [0.25, 0.3) is 5.91 Å². The minimum absolute atomic E-state index is 0.0600. The fourth-order valence-corrected chi connectivity index (χ4v) is 6.22. The van der Waals surface area contributed by atoms with Crippen LogP contribution in [0.2, 0.25) is 0 Å². The summed E-state index contributed by atoms with van der Waals surface area (Å²) in [4.78, 5) is 41.5. The van der Waals surface area contributed by atoms with Gasteiger partial charge in [-0.2, -0.15) is 0 Å². The third-order valence-corrected chi connectivity index (χ3v) is 8.15. The van der Waals surface area contributed by atoms with Crippen LogP contribution in [0.1, 0.15) is 38.0 Å². The normalized spacial score (nSPS) is 26.5. The Balaban J connectivity index is 1.76. The van der Waals surface area contributed by atoms with Crippen molar-refractivity contribution in [3.63, 3.8) is 0 Å². The van der Waals surface area contributed by atoms with Gasteiger partial charge in [0.15, 0.2) is 15.4 Å². The van der Waals surface area contributed by atoms with Gasteiger partial charge in [-0.05, 0) is 31.2 Å². The fourth-order valence-electron chi connectivity index (χ4n) is 3.66. The highest BCUT2D eigenvalue weighted by Crippen LogP contribution is 2.32. The van der Waals surface area contributed by atoms with E-state index in [2.05, 4.69) is 5.32 Å². The molecule has 0 aliphatic carbocycles. The number of nitrogens with zero attached hydrogens (tertiary/aromatic N) is 2. The van der Waals surface area contributed by atoms with Crippen molar-refractivity contribution in [3.8, 4) is 0 Å². The van der Waals surface area contributed by atoms with Gasteiger partial charge in [0.2, 0.25) is 5.91 Å². The highest BCUT2D eigenvalue weighted by atomic mass is 32.2.